The van der Waals surface area contributed by atoms with E-state index in [2.05, 4.69) is 17.6 Å². The van der Waals surface area contributed by atoms with E-state index in [4.69, 9.17) is 9.47 Å². The van der Waals surface area contributed by atoms with E-state index < -0.39 is 36.3 Å². The molecule has 1 amide bonds. The first-order valence-corrected chi connectivity index (χ1v) is 11.6. The number of aliphatic hydroxyl groups is 1. The van der Waals surface area contributed by atoms with Crippen molar-refractivity contribution in [2.45, 2.75) is 103 Å². The van der Waals surface area contributed by atoms with Crippen LogP contribution in [0.5, 0.6) is 0 Å². The number of carbonyl (C=O) groups is 1. The van der Waals surface area contributed by atoms with Gasteiger partial charge in [-0.2, -0.15) is 13.2 Å². The highest BCUT2D eigenvalue weighted by molar-refractivity contribution is 5.90. The first-order valence-electron chi connectivity index (χ1n) is 11.6. The normalized spacial score (nSPS) is 21.2. The van der Waals surface area contributed by atoms with Crippen LogP contribution in [-0.2, 0) is 9.47 Å². The molecule has 3 N–H and O–H groups in total. The van der Waals surface area contributed by atoms with Crippen molar-refractivity contribution in [1.29, 1.82) is 0 Å². The van der Waals surface area contributed by atoms with Gasteiger partial charge in [-0.25, -0.2) is 4.79 Å². The summed E-state index contributed by atoms with van der Waals surface area (Å²) in [4.78, 5) is 12.5. The van der Waals surface area contributed by atoms with Crippen LogP contribution in [0.4, 0.5) is 29.3 Å². The molecule has 0 radical (unpaired) electrons. The molecule has 1 fully saturated rings. The molecule has 1 heterocycles. The number of amides is 1. The molecule has 1 aliphatic heterocycles. The maximum absolute atomic E-state index is 12.9. The van der Waals surface area contributed by atoms with Crippen LogP contribution in [0.1, 0.15) is 78.2 Å². The van der Waals surface area contributed by atoms with Crippen molar-refractivity contribution < 1.29 is 32.5 Å². The summed E-state index contributed by atoms with van der Waals surface area (Å²) in [5.74, 6) is -0.526. The van der Waals surface area contributed by atoms with Crippen molar-refractivity contribution in [3.8, 4) is 0 Å². The van der Waals surface area contributed by atoms with Gasteiger partial charge in [0.15, 0.2) is 0 Å². The summed E-state index contributed by atoms with van der Waals surface area (Å²) in [6, 6.07) is 5.32. The second kappa shape index (κ2) is 11.4. The van der Waals surface area contributed by atoms with E-state index in [0.717, 1.165) is 19.3 Å². The molecule has 4 atom stereocenters. The molecule has 9 heteroatoms. The zero-order chi connectivity index (χ0) is 24.8. The third-order valence-corrected chi connectivity index (χ3v) is 5.71. The van der Waals surface area contributed by atoms with Crippen LogP contribution in [0.2, 0.25) is 0 Å². The van der Waals surface area contributed by atoms with E-state index in [1.165, 1.54) is 0 Å². The number of alkyl halides is 3. The van der Waals surface area contributed by atoms with Gasteiger partial charge in [-0.15, -0.1) is 0 Å². The molecule has 33 heavy (non-hydrogen) atoms. The molecule has 188 valence electrons. The van der Waals surface area contributed by atoms with Crippen LogP contribution in [0.3, 0.4) is 0 Å². The molecule has 0 aliphatic carbocycles. The Morgan fingerprint density at radius 2 is 1.94 bits per heavy atom. The largest absolute Gasteiger partial charge is 0.444 e. The summed E-state index contributed by atoms with van der Waals surface area (Å²) in [6.07, 6.45) is -5.09. The van der Waals surface area contributed by atoms with Gasteiger partial charge in [-0.3, -0.25) is 5.32 Å². The Kier molecular flexibility index (Phi) is 9.43. The molecule has 1 aromatic rings. The van der Waals surface area contributed by atoms with Gasteiger partial charge < -0.3 is 19.9 Å². The smallest absolute Gasteiger partial charge is 0.414 e. The van der Waals surface area contributed by atoms with Gasteiger partial charge in [-0.05, 0) is 76.5 Å². The number of ether oxygens (including phenoxy) is 2. The molecular formula is C24H37F3N2O4. The molecule has 1 aromatic carbocycles. The predicted molar refractivity (Wildman–Crippen MR) is 123 cm³/mol. The lowest BCUT2D eigenvalue weighted by Crippen LogP contribution is -2.34. The quantitative estimate of drug-likeness (QED) is 0.417. The number of anilines is 2. The summed E-state index contributed by atoms with van der Waals surface area (Å²) >= 11 is 0. The highest BCUT2D eigenvalue weighted by Gasteiger charge is 2.39. The number of hydrogen-bond donors (Lipinski definition) is 3. The summed E-state index contributed by atoms with van der Waals surface area (Å²) < 4.78 is 49.8. The van der Waals surface area contributed by atoms with Crippen molar-refractivity contribution in [1.82, 2.24) is 0 Å². The van der Waals surface area contributed by atoms with Crippen LogP contribution in [0.25, 0.3) is 0 Å². The van der Waals surface area contributed by atoms with E-state index >= 15 is 0 Å². The molecule has 0 unspecified atom stereocenters. The Balaban J connectivity index is 2.29. The van der Waals surface area contributed by atoms with E-state index in [0.29, 0.717) is 30.0 Å². The van der Waals surface area contributed by atoms with Crippen LogP contribution in [-0.4, -0.2) is 47.8 Å². The summed E-state index contributed by atoms with van der Waals surface area (Å²) in [6.45, 7) is 9.73. The van der Waals surface area contributed by atoms with E-state index in [9.17, 15) is 23.1 Å². The Morgan fingerprint density at radius 1 is 1.24 bits per heavy atom. The first kappa shape index (κ1) is 27.2. The predicted octanol–water partition coefficient (Wildman–Crippen LogP) is 6.21. The minimum Gasteiger partial charge on any atom is -0.444 e. The number of nitrogens with one attached hydrogen (secondary N) is 2. The van der Waals surface area contributed by atoms with Crippen molar-refractivity contribution in [2.24, 2.45) is 0 Å². The Labute approximate surface area is 194 Å². The fourth-order valence-electron chi connectivity index (χ4n) is 3.92. The van der Waals surface area contributed by atoms with E-state index in [1.54, 1.807) is 45.9 Å². The maximum Gasteiger partial charge on any atom is 0.414 e. The van der Waals surface area contributed by atoms with Crippen molar-refractivity contribution in [2.75, 3.05) is 17.2 Å². The van der Waals surface area contributed by atoms with Gasteiger partial charge in [0.1, 0.15) is 11.7 Å². The molecule has 2 rings (SSSR count). The molecule has 1 aliphatic rings. The minimum absolute atomic E-state index is 0.141. The van der Waals surface area contributed by atoms with Crippen molar-refractivity contribution >= 4 is 17.5 Å². The second-order valence-electron chi connectivity index (χ2n) is 9.60. The number of halogens is 3. The summed E-state index contributed by atoms with van der Waals surface area (Å²) in [5, 5.41) is 15.8. The lowest BCUT2D eigenvalue weighted by Gasteiger charge is -2.31. The van der Waals surface area contributed by atoms with Crippen LogP contribution in [0, 0.1) is 0 Å². The molecule has 0 bridgehead atoms. The molecule has 6 nitrogen and oxygen atoms in total. The third-order valence-electron chi connectivity index (χ3n) is 5.71. The highest BCUT2D eigenvalue weighted by atomic mass is 19.4. The molecule has 1 saturated heterocycles. The van der Waals surface area contributed by atoms with E-state index in [-0.39, 0.29) is 12.1 Å². The molecular weight excluding hydrogens is 437 g/mol. The first-order chi connectivity index (χ1) is 15.3. The van der Waals surface area contributed by atoms with Crippen LogP contribution < -0.4 is 10.6 Å². The molecule has 0 saturated carbocycles. The lowest BCUT2D eigenvalue weighted by molar-refractivity contribution is -0.206. The number of rotatable bonds is 8. The average molecular weight is 475 g/mol. The van der Waals surface area contributed by atoms with Gasteiger partial charge in [0, 0.05) is 12.6 Å². The standard InChI is InChI=1S/C24H37F3N2O4/c1-6-15(13-21(30)24(25,26)27)16-8-9-19(28-17-10-11-32-18(7-2)14-17)20(12-16)29-22(31)33-23(3,4)5/h8-9,12,15,17-18,21,28,30H,6-7,10-11,13-14H2,1-5H3,(H,29,31)/t15-,17-,18-,21-/m1/s1. The fraction of sp³-hybridized carbons (Fsp3) is 0.708. The monoisotopic (exact) mass is 474 g/mol. The van der Waals surface area contributed by atoms with E-state index in [1.807, 2.05) is 0 Å². The Morgan fingerprint density at radius 3 is 2.52 bits per heavy atom. The number of hydrogen-bond acceptors (Lipinski definition) is 5. The highest BCUT2D eigenvalue weighted by Crippen LogP contribution is 2.35. The zero-order valence-electron chi connectivity index (χ0n) is 20.1. The van der Waals surface area contributed by atoms with Gasteiger partial charge >= 0.3 is 12.3 Å². The average Bonchev–Trinajstić information content (AvgIpc) is 2.71. The zero-order valence-corrected chi connectivity index (χ0v) is 20.1. The lowest BCUT2D eigenvalue weighted by atomic mass is 9.90. The SMILES string of the molecule is CC[C@@H]1C[C@H](Nc2ccc([C@H](CC)C[C@@H](O)C(F)(F)F)cc2NC(=O)OC(C)(C)C)CCO1. The summed E-state index contributed by atoms with van der Waals surface area (Å²) in [5.41, 5.74) is 1.00. The second-order valence-corrected chi connectivity index (χ2v) is 9.60. The van der Waals surface area contributed by atoms with Crippen LogP contribution >= 0.6 is 0 Å². The topological polar surface area (TPSA) is 79.8 Å². The molecule has 0 spiro atoms. The Bertz CT molecular complexity index is 780. The minimum atomic E-state index is -4.68. The number of aliphatic hydroxyl groups excluding tert-OH is 1. The fourth-order valence-corrected chi connectivity index (χ4v) is 3.92. The number of benzene rings is 1. The van der Waals surface area contributed by atoms with Crippen molar-refractivity contribution in [3.05, 3.63) is 23.8 Å². The van der Waals surface area contributed by atoms with Gasteiger partial charge in [0.25, 0.3) is 0 Å². The van der Waals surface area contributed by atoms with Crippen molar-refractivity contribution in [3.63, 3.8) is 0 Å². The van der Waals surface area contributed by atoms with Gasteiger partial charge in [0.2, 0.25) is 0 Å². The maximum atomic E-state index is 12.9. The number of carbonyl (C=O) groups excluding carboxylic acids is 1. The third kappa shape index (κ3) is 8.70. The Hall–Kier alpha value is -2.00. The van der Waals surface area contributed by atoms with Crippen LogP contribution in [0.15, 0.2) is 18.2 Å². The van der Waals surface area contributed by atoms with Gasteiger partial charge in [-0.1, -0.05) is 19.9 Å². The molecule has 0 aromatic heterocycles. The summed E-state index contributed by atoms with van der Waals surface area (Å²) in [7, 11) is 0. The van der Waals surface area contributed by atoms with Gasteiger partial charge in [0.05, 0.1) is 17.5 Å².